The molecular weight excluding hydrogens is 564 g/mol. The van der Waals surface area contributed by atoms with Gasteiger partial charge in [-0.2, -0.15) is 0 Å². The van der Waals surface area contributed by atoms with Gasteiger partial charge in [0.1, 0.15) is 18.1 Å². The van der Waals surface area contributed by atoms with Crippen LogP contribution in [0.5, 0.6) is 11.5 Å². The van der Waals surface area contributed by atoms with E-state index in [1.807, 2.05) is 0 Å². The molecule has 0 radical (unpaired) electrons. The van der Waals surface area contributed by atoms with E-state index < -0.39 is 11.8 Å². The number of hydrogen-bond donors (Lipinski definition) is 2. The Morgan fingerprint density at radius 3 is 2.25 bits per heavy atom. The van der Waals surface area contributed by atoms with Gasteiger partial charge in [-0.25, -0.2) is 0 Å². The summed E-state index contributed by atoms with van der Waals surface area (Å²) in [5, 5.41) is 0. The Hall–Kier alpha value is -1.62. The van der Waals surface area contributed by atoms with Crippen molar-refractivity contribution in [3.8, 4) is 11.5 Å². The highest BCUT2D eigenvalue weighted by Crippen LogP contribution is 2.28. The van der Waals surface area contributed by atoms with E-state index in [2.05, 4.69) is 58.6 Å². The summed E-state index contributed by atoms with van der Waals surface area (Å²) in [5.74, 6) is -0.153. The fraction of sp³-hybridized carbons (Fsp3) is 0.222. The first-order chi connectivity index (χ1) is 13.4. The molecule has 0 unspecified atom stereocenters. The summed E-state index contributed by atoms with van der Waals surface area (Å²) >= 11 is 10.00. The van der Waals surface area contributed by atoms with Crippen LogP contribution in [0, 0.1) is 0 Å². The molecule has 0 saturated carbocycles. The molecule has 0 aliphatic carbocycles. The van der Waals surface area contributed by atoms with E-state index in [4.69, 9.17) is 14.2 Å². The fourth-order valence-electron chi connectivity index (χ4n) is 2.01. The minimum absolute atomic E-state index is 0.266. The lowest BCUT2D eigenvalue weighted by molar-refractivity contribution is -0.123. The summed E-state index contributed by atoms with van der Waals surface area (Å²) in [6, 6.07) is 10.3. The topological polar surface area (TPSA) is 85.9 Å². The Balaban J connectivity index is 1.90. The monoisotopic (exact) mass is 578 g/mol. The average molecular weight is 581 g/mol. The number of ether oxygens (including phenoxy) is 3. The number of amides is 2. The van der Waals surface area contributed by atoms with Gasteiger partial charge < -0.3 is 14.2 Å². The first-order valence-corrected chi connectivity index (χ1v) is 10.4. The van der Waals surface area contributed by atoms with Gasteiger partial charge >= 0.3 is 0 Å². The zero-order valence-electron chi connectivity index (χ0n) is 14.8. The molecule has 0 heterocycles. The van der Waals surface area contributed by atoms with Crippen LogP contribution in [0.25, 0.3) is 0 Å². The number of carbonyl (C=O) groups excluding carboxylic acids is 2. The van der Waals surface area contributed by atoms with Crippen LogP contribution in [0.2, 0.25) is 0 Å². The maximum Gasteiger partial charge on any atom is 0.276 e. The van der Waals surface area contributed by atoms with Crippen LogP contribution in [0.1, 0.15) is 10.4 Å². The van der Waals surface area contributed by atoms with Crippen LogP contribution in [-0.2, 0) is 9.53 Å². The van der Waals surface area contributed by atoms with Crippen molar-refractivity contribution in [3.05, 3.63) is 55.4 Å². The highest BCUT2D eigenvalue weighted by Gasteiger charge is 2.15. The van der Waals surface area contributed by atoms with Crippen LogP contribution in [0.3, 0.4) is 0 Å². The molecule has 0 aromatic heterocycles. The van der Waals surface area contributed by atoms with Gasteiger partial charge in [0.15, 0.2) is 6.61 Å². The van der Waals surface area contributed by atoms with E-state index in [1.54, 1.807) is 43.5 Å². The summed E-state index contributed by atoms with van der Waals surface area (Å²) in [5.41, 5.74) is 4.93. The van der Waals surface area contributed by atoms with E-state index in [1.165, 1.54) is 0 Å². The van der Waals surface area contributed by atoms with Crippen molar-refractivity contribution < 1.29 is 23.8 Å². The average Bonchev–Trinajstić information content (AvgIpc) is 2.66. The second-order valence-corrected chi connectivity index (χ2v) is 8.03. The lowest BCUT2D eigenvalue weighted by Crippen LogP contribution is -2.44. The molecule has 2 N–H and O–H groups in total. The van der Waals surface area contributed by atoms with Crippen molar-refractivity contribution in [2.24, 2.45) is 0 Å². The predicted molar refractivity (Wildman–Crippen MR) is 114 cm³/mol. The minimum Gasteiger partial charge on any atom is -0.490 e. The molecule has 0 spiro atoms. The van der Waals surface area contributed by atoms with Crippen LogP contribution in [0.15, 0.2) is 49.8 Å². The van der Waals surface area contributed by atoms with Gasteiger partial charge in [0, 0.05) is 16.1 Å². The Labute approximate surface area is 187 Å². The molecule has 2 amide bonds. The van der Waals surface area contributed by atoms with E-state index >= 15 is 0 Å². The predicted octanol–water partition coefficient (Wildman–Crippen LogP) is 3.84. The molecule has 2 aromatic rings. The Kier molecular flexibility index (Phi) is 9.23. The molecular formula is C18H17Br3N2O5. The highest BCUT2D eigenvalue weighted by molar-refractivity contribution is 9.11. The van der Waals surface area contributed by atoms with Crippen LogP contribution < -0.4 is 20.3 Å². The minimum atomic E-state index is -0.521. The lowest BCUT2D eigenvalue weighted by Gasteiger charge is -2.13. The summed E-state index contributed by atoms with van der Waals surface area (Å²) in [6.07, 6.45) is 0. The molecule has 2 rings (SSSR count). The molecule has 2 aromatic carbocycles. The fourth-order valence-corrected chi connectivity index (χ4v) is 3.53. The standard InChI is InChI=1S/C18H17Br3N2O5/c1-26-6-7-27-15-4-2-11(19)8-13(15)18(25)23-22-17(24)10-28-16-5-3-12(20)9-14(16)21/h2-5,8-9H,6-7,10H2,1H3,(H,22,24)(H,23,25). The normalized spacial score (nSPS) is 10.3. The molecule has 28 heavy (non-hydrogen) atoms. The maximum atomic E-state index is 12.4. The SMILES string of the molecule is COCCOc1ccc(Br)cc1C(=O)NNC(=O)COc1ccc(Br)cc1Br. The number of benzene rings is 2. The second kappa shape index (κ2) is 11.4. The smallest absolute Gasteiger partial charge is 0.276 e. The Bertz CT molecular complexity index is 848. The van der Waals surface area contributed by atoms with Gasteiger partial charge in [0.2, 0.25) is 0 Å². The van der Waals surface area contributed by atoms with Crippen molar-refractivity contribution in [2.45, 2.75) is 0 Å². The zero-order chi connectivity index (χ0) is 20.5. The van der Waals surface area contributed by atoms with Crippen molar-refractivity contribution in [1.82, 2.24) is 10.9 Å². The molecule has 150 valence electrons. The zero-order valence-corrected chi connectivity index (χ0v) is 19.5. The van der Waals surface area contributed by atoms with Gasteiger partial charge in [0.25, 0.3) is 11.8 Å². The van der Waals surface area contributed by atoms with Crippen LogP contribution in [-0.4, -0.2) is 38.7 Å². The van der Waals surface area contributed by atoms with Crippen LogP contribution in [0.4, 0.5) is 0 Å². The largest absolute Gasteiger partial charge is 0.490 e. The number of carbonyl (C=O) groups is 2. The molecule has 7 nitrogen and oxygen atoms in total. The highest BCUT2D eigenvalue weighted by atomic mass is 79.9. The third-order valence-electron chi connectivity index (χ3n) is 3.30. The lowest BCUT2D eigenvalue weighted by atomic mass is 10.2. The number of hydrogen-bond acceptors (Lipinski definition) is 5. The van der Waals surface area contributed by atoms with E-state index in [0.717, 1.165) is 4.47 Å². The van der Waals surface area contributed by atoms with E-state index in [-0.39, 0.29) is 12.2 Å². The van der Waals surface area contributed by atoms with Crippen molar-refractivity contribution in [2.75, 3.05) is 26.9 Å². The molecule has 0 aliphatic heterocycles. The van der Waals surface area contributed by atoms with Gasteiger partial charge in [-0.05, 0) is 52.3 Å². The molecule has 0 fully saturated rings. The van der Waals surface area contributed by atoms with Gasteiger partial charge in [-0.1, -0.05) is 31.9 Å². The number of hydrazine groups is 1. The Morgan fingerprint density at radius 1 is 0.893 bits per heavy atom. The third-order valence-corrected chi connectivity index (χ3v) is 4.91. The van der Waals surface area contributed by atoms with E-state index in [9.17, 15) is 9.59 Å². The number of methoxy groups -OCH3 is 1. The summed E-state index contributed by atoms with van der Waals surface area (Å²) in [7, 11) is 1.56. The molecule has 0 atom stereocenters. The molecule has 0 bridgehead atoms. The number of rotatable bonds is 8. The maximum absolute atomic E-state index is 12.4. The van der Waals surface area contributed by atoms with Gasteiger partial charge in [-0.3, -0.25) is 20.4 Å². The molecule has 0 saturated heterocycles. The first kappa shape index (κ1) is 22.7. The quantitative estimate of drug-likeness (QED) is 0.366. The van der Waals surface area contributed by atoms with Crippen LogP contribution >= 0.6 is 47.8 Å². The van der Waals surface area contributed by atoms with Crippen molar-refractivity contribution in [3.63, 3.8) is 0 Å². The van der Waals surface area contributed by atoms with E-state index in [0.29, 0.717) is 33.7 Å². The summed E-state index contributed by atoms with van der Waals surface area (Å²) < 4.78 is 18.2. The molecule has 10 heteroatoms. The molecule has 0 aliphatic rings. The first-order valence-electron chi connectivity index (χ1n) is 7.99. The number of nitrogens with one attached hydrogen (secondary N) is 2. The third kappa shape index (κ3) is 7.08. The second-order valence-electron chi connectivity index (χ2n) is 5.35. The number of halogens is 3. The van der Waals surface area contributed by atoms with Crippen molar-refractivity contribution >= 4 is 59.6 Å². The summed E-state index contributed by atoms with van der Waals surface area (Å²) in [4.78, 5) is 24.4. The Morgan fingerprint density at radius 2 is 1.57 bits per heavy atom. The van der Waals surface area contributed by atoms with Gasteiger partial charge in [0.05, 0.1) is 16.6 Å². The van der Waals surface area contributed by atoms with Crippen molar-refractivity contribution in [1.29, 1.82) is 0 Å². The summed E-state index contributed by atoms with van der Waals surface area (Å²) in [6.45, 7) is 0.410. The van der Waals surface area contributed by atoms with Gasteiger partial charge in [-0.15, -0.1) is 0 Å².